The maximum absolute atomic E-state index is 6.81. The maximum atomic E-state index is 6.81. The van der Waals surface area contributed by atoms with Crippen molar-refractivity contribution in [2.45, 2.75) is 5.92 Å². The van der Waals surface area contributed by atoms with Crippen molar-refractivity contribution < 1.29 is 4.42 Å². The third-order valence-electron chi connectivity index (χ3n) is 12.8. The second kappa shape index (κ2) is 15.4. The van der Waals surface area contributed by atoms with E-state index in [0.29, 0.717) is 0 Å². The summed E-state index contributed by atoms with van der Waals surface area (Å²) in [5.74, 6) is -0.0185. The molecule has 10 aromatic carbocycles. The molecule has 0 radical (unpaired) electrons. The van der Waals surface area contributed by atoms with Gasteiger partial charge in [0, 0.05) is 39.2 Å². The van der Waals surface area contributed by atoms with Crippen LogP contribution in [0.25, 0.3) is 93.9 Å². The first-order chi connectivity index (χ1) is 31.2. The van der Waals surface area contributed by atoms with Gasteiger partial charge in [-0.25, -0.2) is 0 Å². The Balaban J connectivity index is 0.932. The summed E-state index contributed by atoms with van der Waals surface area (Å²) in [6.07, 6.45) is 0. The first-order valence-corrected chi connectivity index (χ1v) is 21.7. The Bertz CT molecular complexity index is 3530. The summed E-state index contributed by atoms with van der Waals surface area (Å²) in [5, 5.41) is 4.72. The quantitative estimate of drug-likeness (QED) is 0.140. The average Bonchev–Trinajstić information content (AvgIpc) is 3.90. The molecule has 0 bridgehead atoms. The van der Waals surface area contributed by atoms with Crippen LogP contribution in [0.1, 0.15) is 22.6 Å². The number of fused-ring (bicyclic) bond motifs is 6. The molecule has 1 unspecified atom stereocenters. The Labute approximate surface area is 366 Å². The van der Waals surface area contributed by atoms with Crippen LogP contribution in [0.2, 0.25) is 0 Å². The molecule has 2 heteroatoms. The summed E-state index contributed by atoms with van der Waals surface area (Å²) in [6, 6.07) is 87.8. The molecule has 0 spiro atoms. The molecule has 0 N–H and O–H groups in total. The Kier molecular flexibility index (Phi) is 8.93. The molecule has 12 rings (SSSR count). The van der Waals surface area contributed by atoms with Gasteiger partial charge in [-0.1, -0.05) is 200 Å². The standard InChI is InChI=1S/C61H41NO/c1-3-12-41(13-4-1)43-22-24-44(25-23-43)45-26-30-47(31-27-45)61(48-32-28-46(29-33-48)50-17-11-16-49(38-50)42-14-5-2-6-15-42)51-34-36-55-56-37-35-52(40-60(56)63-59(55)39-51)62-57-20-9-7-18-53(57)54-19-8-10-21-58(54)62/h1-40,61H. The van der Waals surface area contributed by atoms with Crippen molar-refractivity contribution >= 4 is 43.7 Å². The van der Waals surface area contributed by atoms with E-state index >= 15 is 0 Å². The highest BCUT2D eigenvalue weighted by atomic mass is 16.3. The van der Waals surface area contributed by atoms with Crippen LogP contribution in [0, 0.1) is 0 Å². The molecule has 0 amide bonds. The first-order valence-electron chi connectivity index (χ1n) is 21.7. The van der Waals surface area contributed by atoms with Crippen molar-refractivity contribution in [3.05, 3.63) is 259 Å². The predicted octanol–water partition coefficient (Wildman–Crippen LogP) is 16.5. The predicted molar refractivity (Wildman–Crippen MR) is 264 cm³/mol. The fourth-order valence-electron chi connectivity index (χ4n) is 9.61. The lowest BCUT2D eigenvalue weighted by molar-refractivity contribution is 0.667. The Morgan fingerprint density at radius 1 is 0.270 bits per heavy atom. The minimum Gasteiger partial charge on any atom is -0.456 e. The van der Waals surface area contributed by atoms with Crippen LogP contribution in [-0.2, 0) is 0 Å². The van der Waals surface area contributed by atoms with Gasteiger partial charge in [0.2, 0.25) is 0 Å². The summed E-state index contributed by atoms with van der Waals surface area (Å²) in [6.45, 7) is 0. The fourth-order valence-corrected chi connectivity index (χ4v) is 9.61. The minimum atomic E-state index is -0.0185. The number of aromatic nitrogens is 1. The lowest BCUT2D eigenvalue weighted by Gasteiger charge is -2.20. The molecule has 296 valence electrons. The average molecular weight is 804 g/mol. The normalized spacial score (nSPS) is 12.1. The topological polar surface area (TPSA) is 18.1 Å². The van der Waals surface area contributed by atoms with E-state index in [1.807, 2.05) is 0 Å². The van der Waals surface area contributed by atoms with E-state index in [0.717, 1.165) is 27.6 Å². The zero-order chi connectivity index (χ0) is 41.7. The minimum absolute atomic E-state index is 0.0185. The van der Waals surface area contributed by atoms with E-state index in [-0.39, 0.29) is 5.92 Å². The Morgan fingerprint density at radius 3 is 1.22 bits per heavy atom. The number of benzene rings is 10. The van der Waals surface area contributed by atoms with Gasteiger partial charge in [0.1, 0.15) is 11.2 Å². The molecule has 2 aromatic heterocycles. The summed E-state index contributed by atoms with van der Waals surface area (Å²) in [7, 11) is 0. The number of para-hydroxylation sites is 2. The van der Waals surface area contributed by atoms with Crippen molar-refractivity contribution in [1.82, 2.24) is 4.57 Å². The van der Waals surface area contributed by atoms with E-state index < -0.39 is 0 Å². The molecule has 0 saturated heterocycles. The third-order valence-corrected chi connectivity index (χ3v) is 12.8. The zero-order valence-corrected chi connectivity index (χ0v) is 34.5. The van der Waals surface area contributed by atoms with Crippen LogP contribution in [-0.4, -0.2) is 4.57 Å². The molecular weight excluding hydrogens is 763 g/mol. The Hall–Kier alpha value is -8.20. The lowest BCUT2D eigenvalue weighted by atomic mass is 9.83. The van der Waals surface area contributed by atoms with Crippen molar-refractivity contribution in [2.75, 3.05) is 0 Å². The van der Waals surface area contributed by atoms with Gasteiger partial charge in [-0.15, -0.1) is 0 Å². The lowest BCUT2D eigenvalue weighted by Crippen LogP contribution is -2.03. The molecule has 63 heavy (non-hydrogen) atoms. The molecule has 0 fully saturated rings. The van der Waals surface area contributed by atoms with Gasteiger partial charge in [-0.05, 0) is 97.6 Å². The largest absolute Gasteiger partial charge is 0.456 e. The highest BCUT2D eigenvalue weighted by molar-refractivity contribution is 6.10. The van der Waals surface area contributed by atoms with Crippen LogP contribution >= 0.6 is 0 Å². The molecule has 0 aliphatic rings. The summed E-state index contributed by atoms with van der Waals surface area (Å²) in [4.78, 5) is 0. The van der Waals surface area contributed by atoms with Crippen molar-refractivity contribution in [1.29, 1.82) is 0 Å². The first kappa shape index (κ1) is 36.6. The van der Waals surface area contributed by atoms with Crippen LogP contribution in [0.3, 0.4) is 0 Å². The van der Waals surface area contributed by atoms with Crippen LogP contribution < -0.4 is 0 Å². The van der Waals surface area contributed by atoms with Gasteiger partial charge in [0.25, 0.3) is 0 Å². The summed E-state index contributed by atoms with van der Waals surface area (Å²) >= 11 is 0. The molecular formula is C61H41NO. The number of hydrogen-bond donors (Lipinski definition) is 0. The molecule has 2 heterocycles. The van der Waals surface area contributed by atoms with Crippen LogP contribution in [0.4, 0.5) is 0 Å². The smallest absolute Gasteiger partial charge is 0.137 e. The highest BCUT2D eigenvalue weighted by Gasteiger charge is 2.21. The van der Waals surface area contributed by atoms with Crippen molar-refractivity contribution in [2.24, 2.45) is 0 Å². The van der Waals surface area contributed by atoms with Gasteiger partial charge < -0.3 is 8.98 Å². The molecule has 0 aliphatic heterocycles. The number of rotatable bonds is 8. The zero-order valence-electron chi connectivity index (χ0n) is 34.5. The van der Waals surface area contributed by atoms with Crippen molar-refractivity contribution in [3.8, 4) is 50.2 Å². The van der Waals surface area contributed by atoms with E-state index in [4.69, 9.17) is 4.42 Å². The highest BCUT2D eigenvalue weighted by Crippen LogP contribution is 2.40. The SMILES string of the molecule is c1ccc(-c2ccc(-c3ccc(C(c4ccc(-c5cccc(-c6ccccc6)c5)cc4)c4ccc5c(c4)oc4cc(-n6c7ccccc7c7ccccc76)ccc45)cc3)cc2)cc1. The van der Waals surface area contributed by atoms with Crippen LogP contribution in [0.15, 0.2) is 247 Å². The number of hydrogen-bond acceptors (Lipinski definition) is 1. The molecule has 1 atom stereocenters. The van der Waals surface area contributed by atoms with Gasteiger partial charge >= 0.3 is 0 Å². The van der Waals surface area contributed by atoms with E-state index in [2.05, 4.69) is 247 Å². The molecule has 2 nitrogen and oxygen atoms in total. The Morgan fingerprint density at radius 2 is 0.667 bits per heavy atom. The fraction of sp³-hybridized carbons (Fsp3) is 0.0164. The van der Waals surface area contributed by atoms with E-state index in [9.17, 15) is 0 Å². The maximum Gasteiger partial charge on any atom is 0.137 e. The van der Waals surface area contributed by atoms with Gasteiger partial charge in [0.15, 0.2) is 0 Å². The second-order valence-corrected chi connectivity index (χ2v) is 16.5. The summed E-state index contributed by atoms with van der Waals surface area (Å²) < 4.78 is 9.16. The van der Waals surface area contributed by atoms with Gasteiger partial charge in [0.05, 0.1) is 11.0 Å². The van der Waals surface area contributed by atoms with Gasteiger partial charge in [-0.3, -0.25) is 0 Å². The van der Waals surface area contributed by atoms with E-state index in [1.54, 1.807) is 0 Å². The number of nitrogens with zero attached hydrogens (tertiary/aromatic N) is 1. The monoisotopic (exact) mass is 803 g/mol. The number of furan rings is 1. The van der Waals surface area contributed by atoms with Crippen molar-refractivity contribution in [3.63, 3.8) is 0 Å². The molecule has 12 aromatic rings. The third kappa shape index (κ3) is 6.61. The van der Waals surface area contributed by atoms with Crippen LogP contribution in [0.5, 0.6) is 0 Å². The van der Waals surface area contributed by atoms with E-state index in [1.165, 1.54) is 83.0 Å². The molecule has 0 saturated carbocycles. The van der Waals surface area contributed by atoms with Gasteiger partial charge in [-0.2, -0.15) is 0 Å². The summed E-state index contributed by atoms with van der Waals surface area (Å²) in [5.41, 5.74) is 18.5. The second-order valence-electron chi connectivity index (χ2n) is 16.5. The molecule has 0 aliphatic carbocycles.